The summed E-state index contributed by atoms with van der Waals surface area (Å²) in [5.74, 6) is -0.377. The average molecular weight is 232 g/mol. The fourth-order valence-corrected chi connectivity index (χ4v) is 1.70. The van der Waals surface area contributed by atoms with Gasteiger partial charge in [-0.25, -0.2) is 9.97 Å². The Balaban J connectivity index is 2.61. The predicted molar refractivity (Wildman–Crippen MR) is 60.4 cm³/mol. The van der Waals surface area contributed by atoms with Crippen LogP contribution in [0.4, 0.5) is 0 Å². The first-order valence-corrected chi connectivity index (χ1v) is 5.08. The predicted octanol–water partition coefficient (Wildman–Crippen LogP) is 0.361. The lowest BCUT2D eigenvalue weighted by molar-refractivity contribution is 0.0895. The lowest BCUT2D eigenvalue weighted by Crippen LogP contribution is -2.12. The first-order chi connectivity index (χ1) is 8.15. The van der Waals surface area contributed by atoms with Gasteiger partial charge in [0.2, 0.25) is 5.78 Å². The van der Waals surface area contributed by atoms with E-state index in [1.807, 2.05) is 6.92 Å². The zero-order valence-corrected chi connectivity index (χ0v) is 9.58. The zero-order valence-electron chi connectivity index (χ0n) is 9.58. The van der Waals surface area contributed by atoms with Crippen LogP contribution in [0.25, 0.3) is 11.3 Å². The van der Waals surface area contributed by atoms with E-state index in [0.29, 0.717) is 17.0 Å². The molecule has 0 radical (unpaired) electrons. The Morgan fingerprint density at radius 1 is 1.47 bits per heavy atom. The number of aliphatic hydroxyl groups is 1. The topological polar surface area (TPSA) is 80.9 Å². The van der Waals surface area contributed by atoms with Crippen molar-refractivity contribution in [1.82, 2.24) is 19.7 Å². The van der Waals surface area contributed by atoms with Gasteiger partial charge in [0, 0.05) is 18.8 Å². The van der Waals surface area contributed by atoms with Gasteiger partial charge in [0.25, 0.3) is 0 Å². The van der Waals surface area contributed by atoms with Crippen LogP contribution in [0.5, 0.6) is 0 Å². The average Bonchev–Trinajstić information content (AvgIpc) is 2.71. The largest absolute Gasteiger partial charge is 0.388 e. The number of carbonyl (C=O) groups is 1. The van der Waals surface area contributed by atoms with Crippen molar-refractivity contribution in [3.05, 3.63) is 30.0 Å². The second-order valence-electron chi connectivity index (χ2n) is 3.67. The molecule has 0 bridgehead atoms. The smallest absolute Gasteiger partial charge is 0.206 e. The number of Topliss-reactive ketones (excluding diaryl/α,β-unsaturated/α-hetero) is 1. The number of carbonyl (C=O) groups excluding carboxylic acids is 1. The van der Waals surface area contributed by atoms with Crippen molar-refractivity contribution < 1.29 is 9.90 Å². The molecule has 0 aromatic carbocycles. The van der Waals surface area contributed by atoms with Gasteiger partial charge in [-0.15, -0.1) is 0 Å². The molecule has 0 spiro atoms. The van der Waals surface area contributed by atoms with Crippen LogP contribution in [0.15, 0.2) is 18.7 Å². The second-order valence-corrected chi connectivity index (χ2v) is 3.67. The van der Waals surface area contributed by atoms with Gasteiger partial charge in [-0.05, 0) is 12.5 Å². The van der Waals surface area contributed by atoms with Crippen molar-refractivity contribution in [3.8, 4) is 11.3 Å². The third-order valence-corrected chi connectivity index (χ3v) is 2.50. The highest BCUT2D eigenvalue weighted by Gasteiger charge is 2.19. The van der Waals surface area contributed by atoms with E-state index in [2.05, 4.69) is 15.1 Å². The van der Waals surface area contributed by atoms with Crippen molar-refractivity contribution in [2.45, 2.75) is 6.92 Å². The molecule has 0 aliphatic carbocycles. The Bertz CT molecular complexity index is 562. The highest BCUT2D eigenvalue weighted by atomic mass is 16.3. The summed E-state index contributed by atoms with van der Waals surface area (Å²) in [4.78, 5) is 19.7. The maximum atomic E-state index is 11.6. The van der Waals surface area contributed by atoms with Crippen LogP contribution < -0.4 is 0 Å². The fraction of sp³-hybridized carbons (Fsp3) is 0.273. The van der Waals surface area contributed by atoms with Gasteiger partial charge >= 0.3 is 0 Å². The van der Waals surface area contributed by atoms with Crippen LogP contribution in [0, 0.1) is 6.92 Å². The summed E-state index contributed by atoms with van der Waals surface area (Å²) in [5, 5.41) is 13.0. The molecule has 2 aromatic rings. The summed E-state index contributed by atoms with van der Waals surface area (Å²) >= 11 is 0. The normalized spacial score (nSPS) is 10.5. The lowest BCUT2D eigenvalue weighted by Gasteiger charge is -2.05. The molecule has 0 unspecified atom stereocenters. The SMILES string of the molecule is Cc1cncnc1-c1cnn(C)c1C(=O)CO. The molecule has 0 fully saturated rings. The molecule has 0 amide bonds. The summed E-state index contributed by atoms with van der Waals surface area (Å²) in [6, 6.07) is 0. The maximum absolute atomic E-state index is 11.6. The van der Waals surface area contributed by atoms with Crippen molar-refractivity contribution in [2.24, 2.45) is 7.05 Å². The van der Waals surface area contributed by atoms with Crippen molar-refractivity contribution in [2.75, 3.05) is 6.61 Å². The van der Waals surface area contributed by atoms with Crippen LogP contribution in [0.3, 0.4) is 0 Å². The van der Waals surface area contributed by atoms with Gasteiger partial charge in [0.15, 0.2) is 0 Å². The minimum atomic E-state index is -0.545. The molecule has 6 heteroatoms. The third kappa shape index (κ3) is 1.94. The Kier molecular flexibility index (Phi) is 2.97. The lowest BCUT2D eigenvalue weighted by atomic mass is 10.1. The molecule has 2 heterocycles. The molecule has 0 aliphatic heterocycles. The van der Waals surface area contributed by atoms with E-state index in [-0.39, 0.29) is 5.78 Å². The monoisotopic (exact) mass is 232 g/mol. The van der Waals surface area contributed by atoms with Gasteiger partial charge < -0.3 is 5.11 Å². The fourth-order valence-electron chi connectivity index (χ4n) is 1.70. The van der Waals surface area contributed by atoms with Crippen LogP contribution in [0.2, 0.25) is 0 Å². The van der Waals surface area contributed by atoms with Gasteiger partial charge in [-0.3, -0.25) is 9.48 Å². The van der Waals surface area contributed by atoms with Crippen LogP contribution >= 0.6 is 0 Å². The molecule has 0 aliphatic rings. The minimum Gasteiger partial charge on any atom is -0.388 e. The number of rotatable bonds is 3. The van der Waals surface area contributed by atoms with E-state index in [0.717, 1.165) is 5.56 Å². The first-order valence-electron chi connectivity index (χ1n) is 5.08. The molecular formula is C11H12N4O2. The van der Waals surface area contributed by atoms with E-state index in [1.165, 1.54) is 11.0 Å². The van der Waals surface area contributed by atoms with Crippen LogP contribution in [0.1, 0.15) is 16.1 Å². The summed E-state index contributed by atoms with van der Waals surface area (Å²) in [5.41, 5.74) is 2.48. The van der Waals surface area contributed by atoms with E-state index < -0.39 is 6.61 Å². The van der Waals surface area contributed by atoms with Gasteiger partial charge in [-0.2, -0.15) is 5.10 Å². The molecule has 2 rings (SSSR count). The number of hydrogen-bond donors (Lipinski definition) is 1. The molecule has 2 aromatic heterocycles. The Hall–Kier alpha value is -2.08. The summed E-state index contributed by atoms with van der Waals surface area (Å²) < 4.78 is 1.44. The number of hydrogen-bond acceptors (Lipinski definition) is 5. The molecule has 88 valence electrons. The molecule has 17 heavy (non-hydrogen) atoms. The zero-order chi connectivity index (χ0) is 12.4. The van der Waals surface area contributed by atoms with E-state index in [4.69, 9.17) is 5.11 Å². The summed E-state index contributed by atoms with van der Waals surface area (Å²) in [6.45, 7) is 1.31. The molecule has 1 N–H and O–H groups in total. The third-order valence-electron chi connectivity index (χ3n) is 2.50. The second kappa shape index (κ2) is 4.42. The highest BCUT2D eigenvalue weighted by molar-refractivity contribution is 6.01. The van der Waals surface area contributed by atoms with Gasteiger partial charge in [-0.1, -0.05) is 0 Å². The van der Waals surface area contributed by atoms with Crippen LogP contribution in [-0.2, 0) is 7.05 Å². The first kappa shape index (κ1) is 11.4. The highest BCUT2D eigenvalue weighted by Crippen LogP contribution is 2.23. The quantitative estimate of drug-likeness (QED) is 0.773. The number of aromatic nitrogens is 4. The summed E-state index contributed by atoms with van der Waals surface area (Å²) in [7, 11) is 1.66. The van der Waals surface area contributed by atoms with E-state index in [1.54, 1.807) is 19.4 Å². The standard InChI is InChI=1S/C11H12N4O2/c1-7-3-12-6-13-10(7)8-4-14-15(2)11(8)9(17)5-16/h3-4,6,16H,5H2,1-2H3. The molecule has 0 atom stereocenters. The minimum absolute atomic E-state index is 0.356. The Labute approximate surface area is 98.0 Å². The Morgan fingerprint density at radius 2 is 2.24 bits per heavy atom. The van der Waals surface area contributed by atoms with Gasteiger partial charge in [0.1, 0.15) is 18.6 Å². The number of aliphatic hydroxyl groups excluding tert-OH is 1. The Morgan fingerprint density at radius 3 is 2.88 bits per heavy atom. The number of nitrogens with zero attached hydrogens (tertiary/aromatic N) is 4. The van der Waals surface area contributed by atoms with E-state index in [9.17, 15) is 4.79 Å². The summed E-state index contributed by atoms with van der Waals surface area (Å²) in [6.07, 6.45) is 4.66. The van der Waals surface area contributed by atoms with Crippen molar-refractivity contribution in [1.29, 1.82) is 0 Å². The van der Waals surface area contributed by atoms with E-state index >= 15 is 0 Å². The number of ketones is 1. The molecule has 0 saturated heterocycles. The van der Waals surface area contributed by atoms with Gasteiger partial charge in [0.05, 0.1) is 11.9 Å². The van der Waals surface area contributed by atoms with Crippen molar-refractivity contribution in [3.63, 3.8) is 0 Å². The molecular weight excluding hydrogens is 220 g/mol. The maximum Gasteiger partial charge on any atom is 0.206 e. The number of aryl methyl sites for hydroxylation is 2. The van der Waals surface area contributed by atoms with Crippen molar-refractivity contribution >= 4 is 5.78 Å². The molecule has 0 saturated carbocycles. The molecule has 6 nitrogen and oxygen atoms in total. The van der Waals surface area contributed by atoms with Crippen LogP contribution in [-0.4, -0.2) is 37.2 Å².